The number of benzene rings is 1. The molecule has 0 atom stereocenters. The molecule has 0 unspecified atom stereocenters. The Hall–Kier alpha value is -2.81. The number of aryl methyl sites for hydroxylation is 1. The molecule has 0 amide bonds. The van der Waals surface area contributed by atoms with Gasteiger partial charge in [-0.15, -0.1) is 0 Å². The molecule has 0 aliphatic heterocycles. The van der Waals surface area contributed by atoms with Gasteiger partial charge in [-0.3, -0.25) is 10.1 Å². The number of nitrogens with zero attached hydrogens (tertiary/aromatic N) is 4. The van der Waals surface area contributed by atoms with Crippen LogP contribution >= 0.6 is 11.6 Å². The third-order valence-electron chi connectivity index (χ3n) is 3.32. The first-order valence-electron chi connectivity index (χ1n) is 6.61. The molecule has 0 N–H and O–H groups in total. The summed E-state index contributed by atoms with van der Waals surface area (Å²) in [6, 6.07) is 4.91. The monoisotopic (exact) mass is 354 g/mol. The van der Waals surface area contributed by atoms with Crippen LogP contribution in [0.15, 0.2) is 30.5 Å². The van der Waals surface area contributed by atoms with Gasteiger partial charge >= 0.3 is 6.61 Å². The van der Waals surface area contributed by atoms with Gasteiger partial charge in [0.2, 0.25) is 0 Å². The van der Waals surface area contributed by atoms with Crippen LogP contribution in [0.1, 0.15) is 5.69 Å². The fourth-order valence-electron chi connectivity index (χ4n) is 2.30. The van der Waals surface area contributed by atoms with Crippen LogP contribution in [0, 0.1) is 17.0 Å². The number of halogens is 3. The van der Waals surface area contributed by atoms with Crippen LogP contribution < -0.4 is 4.74 Å². The summed E-state index contributed by atoms with van der Waals surface area (Å²) in [5.41, 5.74) is 0.861. The maximum Gasteiger partial charge on any atom is 0.387 e. The van der Waals surface area contributed by atoms with Gasteiger partial charge in [0.25, 0.3) is 5.69 Å². The molecule has 3 rings (SSSR count). The number of hydrogen-bond donors (Lipinski definition) is 0. The fourth-order valence-corrected chi connectivity index (χ4v) is 2.45. The quantitative estimate of drug-likeness (QED) is 0.403. The maximum absolute atomic E-state index is 12.7. The molecule has 24 heavy (non-hydrogen) atoms. The Labute approximate surface area is 138 Å². The zero-order valence-corrected chi connectivity index (χ0v) is 12.9. The number of alkyl halides is 2. The Kier molecular flexibility index (Phi) is 4.02. The van der Waals surface area contributed by atoms with Crippen LogP contribution in [0.3, 0.4) is 0 Å². The minimum absolute atomic E-state index is 0.126. The van der Waals surface area contributed by atoms with Crippen LogP contribution in [0.2, 0.25) is 5.15 Å². The smallest absolute Gasteiger partial charge is 0.387 e. The first kappa shape index (κ1) is 16.1. The summed E-state index contributed by atoms with van der Waals surface area (Å²) in [4.78, 5) is 14.1. The number of rotatable bonds is 4. The molecule has 0 aliphatic carbocycles. The number of nitro groups is 1. The van der Waals surface area contributed by atoms with Crippen molar-refractivity contribution in [1.29, 1.82) is 0 Å². The van der Waals surface area contributed by atoms with Gasteiger partial charge in [0.05, 0.1) is 22.2 Å². The Morgan fingerprint density at radius 2 is 2.12 bits per heavy atom. The van der Waals surface area contributed by atoms with E-state index in [0.29, 0.717) is 16.6 Å². The zero-order chi connectivity index (χ0) is 17.4. The third-order valence-corrected chi connectivity index (χ3v) is 3.52. The second kappa shape index (κ2) is 6.00. The lowest BCUT2D eigenvalue weighted by Crippen LogP contribution is -2.07. The van der Waals surface area contributed by atoms with Gasteiger partial charge in [-0.25, -0.2) is 9.67 Å². The number of pyridine rings is 1. The molecule has 2 aromatic heterocycles. The summed E-state index contributed by atoms with van der Waals surface area (Å²) < 4.78 is 31.1. The average molecular weight is 355 g/mol. The fraction of sp³-hybridized carbons (Fsp3) is 0.143. The summed E-state index contributed by atoms with van der Waals surface area (Å²) in [5.74, 6) is -0.364. The molecular formula is C14H9ClF2N4O3. The van der Waals surface area contributed by atoms with Crippen LogP contribution in [0.5, 0.6) is 5.75 Å². The summed E-state index contributed by atoms with van der Waals surface area (Å²) >= 11 is 5.89. The number of non-ortho nitro benzene ring substituents is 1. The van der Waals surface area contributed by atoms with Gasteiger partial charge in [0.1, 0.15) is 10.8 Å². The maximum atomic E-state index is 12.7. The number of nitro benzene ring substituents is 1. The predicted octanol–water partition coefficient (Wildman–Crippen LogP) is 3.89. The van der Waals surface area contributed by atoms with Gasteiger partial charge in [-0.05, 0) is 13.0 Å². The Morgan fingerprint density at radius 3 is 2.79 bits per heavy atom. The first-order valence-corrected chi connectivity index (χ1v) is 6.99. The van der Waals surface area contributed by atoms with E-state index in [9.17, 15) is 18.9 Å². The number of aromatic nitrogens is 3. The van der Waals surface area contributed by atoms with Crippen molar-refractivity contribution in [2.75, 3.05) is 0 Å². The van der Waals surface area contributed by atoms with E-state index >= 15 is 0 Å². The van der Waals surface area contributed by atoms with Crippen molar-refractivity contribution < 1.29 is 18.4 Å². The molecule has 124 valence electrons. The first-order chi connectivity index (χ1) is 11.4. The molecule has 3 aromatic rings. The van der Waals surface area contributed by atoms with E-state index in [0.717, 1.165) is 6.07 Å². The molecule has 0 radical (unpaired) electrons. The van der Waals surface area contributed by atoms with E-state index < -0.39 is 11.5 Å². The van der Waals surface area contributed by atoms with Gasteiger partial charge in [0.15, 0.2) is 5.75 Å². The molecule has 0 spiro atoms. The van der Waals surface area contributed by atoms with Crippen molar-refractivity contribution in [2.24, 2.45) is 0 Å². The molecule has 0 saturated carbocycles. The molecule has 0 saturated heterocycles. The Balaban J connectivity index is 2.25. The van der Waals surface area contributed by atoms with Gasteiger partial charge in [0, 0.05) is 23.7 Å². The lowest BCUT2D eigenvalue weighted by Gasteiger charge is -2.11. The van der Waals surface area contributed by atoms with Crippen LogP contribution in [-0.4, -0.2) is 26.3 Å². The summed E-state index contributed by atoms with van der Waals surface area (Å²) in [5, 5.41) is 16.0. The highest BCUT2D eigenvalue weighted by Crippen LogP contribution is 2.32. The molecule has 10 heteroatoms. The minimum Gasteiger partial charge on any atom is -0.432 e. The topological polar surface area (TPSA) is 83.1 Å². The third kappa shape index (κ3) is 2.85. The minimum atomic E-state index is -3.14. The Bertz CT molecular complexity index is 945. The summed E-state index contributed by atoms with van der Waals surface area (Å²) in [6.07, 6.45) is 1.51. The van der Waals surface area contributed by atoms with Crippen molar-refractivity contribution in [3.63, 3.8) is 0 Å². The molecule has 0 fully saturated rings. The molecule has 0 bridgehead atoms. The number of fused-ring (bicyclic) bond motifs is 1. The van der Waals surface area contributed by atoms with Crippen molar-refractivity contribution >= 4 is 28.2 Å². The molecule has 1 aromatic carbocycles. The SMILES string of the molecule is Cc1nn(-c2ccc([N+](=O)[O-])cc2OC(F)F)c2cc(Cl)ncc12. The largest absolute Gasteiger partial charge is 0.432 e. The summed E-state index contributed by atoms with van der Waals surface area (Å²) in [6.45, 7) is -1.42. The second-order valence-electron chi connectivity index (χ2n) is 4.81. The zero-order valence-electron chi connectivity index (χ0n) is 12.1. The number of ether oxygens (including phenoxy) is 1. The highest BCUT2D eigenvalue weighted by Gasteiger charge is 2.19. The van der Waals surface area contributed by atoms with E-state index in [-0.39, 0.29) is 22.3 Å². The van der Waals surface area contributed by atoms with Crippen LogP contribution in [0.4, 0.5) is 14.5 Å². The van der Waals surface area contributed by atoms with E-state index in [1.807, 2.05) is 0 Å². The highest BCUT2D eigenvalue weighted by atomic mass is 35.5. The lowest BCUT2D eigenvalue weighted by molar-refractivity contribution is -0.385. The van der Waals surface area contributed by atoms with Gasteiger partial charge in [-0.1, -0.05) is 11.6 Å². The van der Waals surface area contributed by atoms with Gasteiger partial charge < -0.3 is 4.74 Å². The molecule has 0 aliphatic rings. The van der Waals surface area contributed by atoms with Crippen LogP contribution in [-0.2, 0) is 0 Å². The van der Waals surface area contributed by atoms with E-state index in [4.69, 9.17) is 11.6 Å². The lowest BCUT2D eigenvalue weighted by atomic mass is 10.2. The van der Waals surface area contributed by atoms with Crippen molar-refractivity contribution in [3.05, 3.63) is 51.4 Å². The molecule has 2 heterocycles. The highest BCUT2D eigenvalue weighted by molar-refractivity contribution is 6.30. The average Bonchev–Trinajstić information content (AvgIpc) is 2.82. The van der Waals surface area contributed by atoms with Crippen molar-refractivity contribution in [2.45, 2.75) is 13.5 Å². The van der Waals surface area contributed by atoms with Crippen molar-refractivity contribution in [1.82, 2.24) is 14.8 Å². The molecule has 7 nitrogen and oxygen atoms in total. The van der Waals surface area contributed by atoms with E-state index in [1.165, 1.54) is 29.1 Å². The summed E-state index contributed by atoms with van der Waals surface area (Å²) in [7, 11) is 0. The van der Waals surface area contributed by atoms with E-state index in [1.54, 1.807) is 6.92 Å². The second-order valence-corrected chi connectivity index (χ2v) is 5.20. The predicted molar refractivity (Wildman–Crippen MR) is 81.9 cm³/mol. The van der Waals surface area contributed by atoms with E-state index in [2.05, 4.69) is 14.8 Å². The van der Waals surface area contributed by atoms with Crippen LogP contribution in [0.25, 0.3) is 16.6 Å². The molecular weight excluding hydrogens is 346 g/mol. The Morgan fingerprint density at radius 1 is 1.38 bits per heavy atom. The van der Waals surface area contributed by atoms with Crippen molar-refractivity contribution in [3.8, 4) is 11.4 Å². The standard InChI is InChI=1S/C14H9ClF2N4O3/c1-7-9-6-18-13(15)5-11(9)20(19-7)10-3-2-8(21(22)23)4-12(10)24-14(16)17/h2-6,14H,1H3. The normalized spacial score (nSPS) is 11.2. The number of hydrogen-bond acceptors (Lipinski definition) is 5. The van der Waals surface area contributed by atoms with Gasteiger partial charge in [-0.2, -0.15) is 13.9 Å².